The van der Waals surface area contributed by atoms with Gasteiger partial charge in [0.15, 0.2) is 0 Å². The van der Waals surface area contributed by atoms with E-state index in [-0.39, 0.29) is 17.2 Å². The molecule has 0 unspecified atom stereocenters. The number of hydrogen-bond donors (Lipinski definition) is 2. The van der Waals surface area contributed by atoms with Gasteiger partial charge in [-0.05, 0) is 23.8 Å². The highest BCUT2D eigenvalue weighted by molar-refractivity contribution is 6.07. The fourth-order valence-corrected chi connectivity index (χ4v) is 3.50. The number of rotatable bonds is 3. The molecule has 2 aliphatic rings. The van der Waals surface area contributed by atoms with Gasteiger partial charge in [-0.2, -0.15) is 0 Å². The molecule has 0 aromatic heterocycles. The van der Waals surface area contributed by atoms with Crippen LogP contribution in [0.1, 0.15) is 38.7 Å². The summed E-state index contributed by atoms with van der Waals surface area (Å²) in [6, 6.07) is 9.56. The van der Waals surface area contributed by atoms with Gasteiger partial charge in [-0.25, -0.2) is 4.79 Å². The zero-order valence-electron chi connectivity index (χ0n) is 14.1. The van der Waals surface area contributed by atoms with Gasteiger partial charge in [-0.15, -0.1) is 0 Å². The lowest BCUT2D eigenvalue weighted by molar-refractivity contribution is -0.136. The van der Waals surface area contributed by atoms with E-state index in [1.165, 1.54) is 0 Å². The Kier molecular flexibility index (Phi) is 4.07. The third-order valence-corrected chi connectivity index (χ3v) is 5.13. The van der Waals surface area contributed by atoms with Gasteiger partial charge < -0.3 is 10.2 Å². The fraction of sp³-hybridized carbons (Fsp3) is 0.500. The Labute approximate surface area is 141 Å². The minimum absolute atomic E-state index is 0.0865. The summed E-state index contributed by atoms with van der Waals surface area (Å²) in [5, 5.41) is 5.00. The van der Waals surface area contributed by atoms with Gasteiger partial charge in [0.2, 0.25) is 5.91 Å². The van der Waals surface area contributed by atoms with E-state index >= 15 is 0 Å². The van der Waals surface area contributed by atoms with E-state index in [1.54, 1.807) is 4.90 Å². The normalized spacial score (nSPS) is 20.0. The monoisotopic (exact) mass is 329 g/mol. The number of benzene rings is 1. The zero-order valence-corrected chi connectivity index (χ0v) is 14.1. The average Bonchev–Trinajstić information content (AvgIpc) is 2.82. The molecule has 2 heterocycles. The molecule has 1 aromatic carbocycles. The molecule has 3 rings (SSSR count). The van der Waals surface area contributed by atoms with E-state index < -0.39 is 11.6 Å². The molecule has 0 aliphatic carbocycles. The van der Waals surface area contributed by atoms with Crippen LogP contribution in [0, 0.1) is 0 Å². The maximum atomic E-state index is 12.7. The molecule has 4 amide bonds. The van der Waals surface area contributed by atoms with Gasteiger partial charge in [0.05, 0.1) is 0 Å². The summed E-state index contributed by atoms with van der Waals surface area (Å²) < 4.78 is 0. The average molecular weight is 329 g/mol. The number of nitrogens with one attached hydrogen (secondary N) is 2. The maximum Gasteiger partial charge on any atom is 0.322 e. The number of urea groups is 1. The summed E-state index contributed by atoms with van der Waals surface area (Å²) in [5.41, 5.74) is 0.0594. The second-order valence-corrected chi connectivity index (χ2v) is 7.30. The van der Waals surface area contributed by atoms with Crippen molar-refractivity contribution in [2.24, 2.45) is 0 Å². The van der Waals surface area contributed by atoms with Crippen LogP contribution in [0.15, 0.2) is 30.3 Å². The van der Waals surface area contributed by atoms with Crippen LogP contribution in [0.4, 0.5) is 4.79 Å². The minimum Gasteiger partial charge on any atom is -0.342 e. The molecular weight excluding hydrogens is 306 g/mol. The Morgan fingerprint density at radius 1 is 1.17 bits per heavy atom. The van der Waals surface area contributed by atoms with Crippen molar-refractivity contribution in [3.63, 3.8) is 0 Å². The number of imide groups is 1. The fourth-order valence-electron chi connectivity index (χ4n) is 3.50. The summed E-state index contributed by atoms with van der Waals surface area (Å²) in [6.45, 7) is 5.10. The highest BCUT2D eigenvalue weighted by Gasteiger charge is 2.48. The van der Waals surface area contributed by atoms with Gasteiger partial charge >= 0.3 is 6.03 Å². The molecule has 6 nitrogen and oxygen atoms in total. The largest absolute Gasteiger partial charge is 0.342 e. The Bertz CT molecular complexity index is 661. The van der Waals surface area contributed by atoms with Crippen LogP contribution in [0.25, 0.3) is 0 Å². The summed E-state index contributed by atoms with van der Waals surface area (Å²) in [4.78, 5) is 37.8. The Hall–Kier alpha value is -2.37. The van der Waals surface area contributed by atoms with Crippen molar-refractivity contribution in [1.82, 2.24) is 15.5 Å². The van der Waals surface area contributed by atoms with Gasteiger partial charge in [-0.3, -0.25) is 14.9 Å². The van der Waals surface area contributed by atoms with Crippen LogP contribution in [-0.4, -0.2) is 41.4 Å². The Morgan fingerprint density at radius 2 is 1.79 bits per heavy atom. The van der Waals surface area contributed by atoms with Crippen molar-refractivity contribution in [1.29, 1.82) is 0 Å². The lowest BCUT2D eigenvalue weighted by atomic mass is 9.80. The van der Waals surface area contributed by atoms with E-state index in [9.17, 15) is 14.4 Å². The predicted molar refractivity (Wildman–Crippen MR) is 89.3 cm³/mol. The minimum atomic E-state index is -0.831. The summed E-state index contributed by atoms with van der Waals surface area (Å²) >= 11 is 0. The third kappa shape index (κ3) is 3.00. The lowest BCUT2D eigenvalue weighted by Gasteiger charge is -2.38. The summed E-state index contributed by atoms with van der Waals surface area (Å²) in [6.07, 6.45) is 1.34. The first-order chi connectivity index (χ1) is 11.3. The number of nitrogens with zero attached hydrogens (tertiary/aromatic N) is 1. The topological polar surface area (TPSA) is 78.5 Å². The van der Waals surface area contributed by atoms with Crippen molar-refractivity contribution in [2.45, 2.75) is 44.1 Å². The van der Waals surface area contributed by atoms with Crippen LogP contribution in [0.3, 0.4) is 0 Å². The zero-order chi connectivity index (χ0) is 17.4. The maximum absolute atomic E-state index is 12.7. The third-order valence-electron chi connectivity index (χ3n) is 5.13. The van der Waals surface area contributed by atoms with Crippen LogP contribution >= 0.6 is 0 Å². The first-order valence-corrected chi connectivity index (χ1v) is 8.29. The Balaban J connectivity index is 1.62. The molecule has 0 saturated carbocycles. The number of hydrogen-bond acceptors (Lipinski definition) is 3. The van der Waals surface area contributed by atoms with E-state index in [2.05, 4.69) is 24.5 Å². The van der Waals surface area contributed by atoms with Gasteiger partial charge in [-0.1, -0.05) is 44.2 Å². The van der Waals surface area contributed by atoms with Crippen molar-refractivity contribution in [3.8, 4) is 0 Å². The molecule has 2 N–H and O–H groups in total. The quantitative estimate of drug-likeness (QED) is 0.826. The Morgan fingerprint density at radius 3 is 2.33 bits per heavy atom. The second kappa shape index (κ2) is 5.92. The molecule has 1 aromatic rings. The van der Waals surface area contributed by atoms with Crippen LogP contribution in [-0.2, 0) is 15.0 Å². The predicted octanol–water partition coefficient (Wildman–Crippen LogP) is 1.55. The number of piperidine rings is 1. The molecule has 0 radical (unpaired) electrons. The van der Waals surface area contributed by atoms with Crippen molar-refractivity contribution in [3.05, 3.63) is 35.9 Å². The molecule has 128 valence electrons. The summed E-state index contributed by atoms with van der Waals surface area (Å²) in [7, 11) is 0. The molecule has 2 fully saturated rings. The van der Waals surface area contributed by atoms with E-state index in [1.807, 2.05) is 30.3 Å². The summed E-state index contributed by atoms with van der Waals surface area (Å²) in [5.74, 6) is -0.187. The first kappa shape index (κ1) is 16.5. The smallest absolute Gasteiger partial charge is 0.322 e. The molecule has 2 aliphatic heterocycles. The SMILES string of the molecule is CC(C)(CC(=O)N1CCC2(CC1)NC(=O)NC2=O)c1ccccc1. The molecule has 6 heteroatoms. The highest BCUT2D eigenvalue weighted by atomic mass is 16.2. The molecule has 1 spiro atoms. The van der Waals surface area contributed by atoms with Crippen molar-refractivity contribution < 1.29 is 14.4 Å². The lowest BCUT2D eigenvalue weighted by Crippen LogP contribution is -2.56. The molecule has 0 bridgehead atoms. The van der Waals surface area contributed by atoms with Crippen LogP contribution < -0.4 is 10.6 Å². The second-order valence-electron chi connectivity index (χ2n) is 7.30. The first-order valence-electron chi connectivity index (χ1n) is 8.29. The number of likely N-dealkylation sites (tertiary alicyclic amines) is 1. The van der Waals surface area contributed by atoms with E-state index in [4.69, 9.17) is 0 Å². The number of amides is 4. The van der Waals surface area contributed by atoms with Crippen molar-refractivity contribution >= 4 is 17.8 Å². The van der Waals surface area contributed by atoms with Crippen molar-refractivity contribution in [2.75, 3.05) is 13.1 Å². The number of carbonyl (C=O) groups excluding carboxylic acids is 3. The van der Waals surface area contributed by atoms with E-state index in [0.717, 1.165) is 5.56 Å². The van der Waals surface area contributed by atoms with Gasteiger partial charge in [0, 0.05) is 19.5 Å². The van der Waals surface area contributed by atoms with Gasteiger partial charge in [0.1, 0.15) is 5.54 Å². The van der Waals surface area contributed by atoms with Crippen LogP contribution in [0.5, 0.6) is 0 Å². The highest BCUT2D eigenvalue weighted by Crippen LogP contribution is 2.30. The van der Waals surface area contributed by atoms with Gasteiger partial charge in [0.25, 0.3) is 5.91 Å². The molecule has 2 saturated heterocycles. The van der Waals surface area contributed by atoms with E-state index in [0.29, 0.717) is 32.4 Å². The molecule has 24 heavy (non-hydrogen) atoms. The molecule has 0 atom stereocenters. The van der Waals surface area contributed by atoms with Crippen LogP contribution in [0.2, 0.25) is 0 Å². The number of carbonyl (C=O) groups is 3. The molecular formula is C18H23N3O3. The standard InChI is InChI=1S/C18H23N3O3/c1-17(2,13-6-4-3-5-7-13)12-14(22)21-10-8-18(9-11-21)15(23)19-16(24)20-18/h3-7H,8-12H2,1-2H3,(H2,19,20,23,24).